The van der Waals surface area contributed by atoms with Gasteiger partial charge in [-0.3, -0.25) is 0 Å². The van der Waals surface area contributed by atoms with E-state index in [4.69, 9.17) is 5.73 Å². The fraction of sp³-hybridized carbons (Fsp3) is 0.625. The van der Waals surface area contributed by atoms with Crippen molar-refractivity contribution < 1.29 is 0 Å². The van der Waals surface area contributed by atoms with Crippen molar-refractivity contribution in [2.45, 2.75) is 59.4 Å². The molecule has 17 heavy (non-hydrogen) atoms. The van der Waals surface area contributed by atoms with Crippen LogP contribution in [-0.4, -0.2) is 6.04 Å². The minimum absolute atomic E-state index is 0.329. The summed E-state index contributed by atoms with van der Waals surface area (Å²) in [4.78, 5) is 0. The van der Waals surface area contributed by atoms with Crippen molar-refractivity contribution in [1.29, 1.82) is 0 Å². The lowest BCUT2D eigenvalue weighted by Gasteiger charge is -2.10. The molecule has 1 aromatic rings. The van der Waals surface area contributed by atoms with Crippen LogP contribution in [0.4, 0.5) is 0 Å². The summed E-state index contributed by atoms with van der Waals surface area (Å²) in [6, 6.07) is 7.32. The Balaban J connectivity index is 2.62. The summed E-state index contributed by atoms with van der Waals surface area (Å²) in [7, 11) is 0. The maximum atomic E-state index is 5.78. The number of benzene rings is 1. The number of nitrogens with two attached hydrogens (primary N) is 1. The Kier molecular flexibility index (Phi) is 5.70. The molecule has 0 saturated heterocycles. The first-order valence-corrected chi connectivity index (χ1v) is 6.82. The zero-order valence-electron chi connectivity index (χ0n) is 11.8. The summed E-state index contributed by atoms with van der Waals surface area (Å²) < 4.78 is 0. The molecule has 0 saturated carbocycles. The standard InChI is InChI=1S/C16H27N/c1-12(2)8-16-10-13(3)9-15(11-16)7-5-6-14(4)17/h9-12,14H,5-8,17H2,1-4H3/t14-/m0/s1. The molecule has 0 aliphatic carbocycles. The van der Waals surface area contributed by atoms with Gasteiger partial charge in [0.1, 0.15) is 0 Å². The van der Waals surface area contributed by atoms with Crippen molar-refractivity contribution >= 4 is 0 Å². The Morgan fingerprint density at radius 3 is 2.29 bits per heavy atom. The van der Waals surface area contributed by atoms with E-state index in [1.54, 1.807) is 0 Å². The van der Waals surface area contributed by atoms with Crippen LogP contribution in [-0.2, 0) is 12.8 Å². The van der Waals surface area contributed by atoms with E-state index in [2.05, 4.69) is 45.9 Å². The minimum atomic E-state index is 0.329. The molecule has 1 nitrogen and oxygen atoms in total. The molecule has 0 aliphatic heterocycles. The van der Waals surface area contributed by atoms with Crippen LogP contribution in [0.3, 0.4) is 0 Å². The van der Waals surface area contributed by atoms with Crippen molar-refractivity contribution in [3.63, 3.8) is 0 Å². The first-order valence-electron chi connectivity index (χ1n) is 6.82. The molecule has 1 atom stereocenters. The van der Waals surface area contributed by atoms with E-state index in [0.717, 1.165) is 18.8 Å². The van der Waals surface area contributed by atoms with Gasteiger partial charge in [0.2, 0.25) is 0 Å². The number of hydrogen-bond donors (Lipinski definition) is 1. The minimum Gasteiger partial charge on any atom is -0.328 e. The van der Waals surface area contributed by atoms with Gasteiger partial charge in [-0.05, 0) is 56.6 Å². The van der Waals surface area contributed by atoms with Crippen LogP contribution in [0.2, 0.25) is 0 Å². The fourth-order valence-electron chi connectivity index (χ4n) is 2.31. The third-order valence-corrected chi connectivity index (χ3v) is 2.97. The van der Waals surface area contributed by atoms with Gasteiger partial charge in [-0.1, -0.05) is 37.6 Å². The monoisotopic (exact) mass is 233 g/mol. The highest BCUT2D eigenvalue weighted by Crippen LogP contribution is 2.15. The van der Waals surface area contributed by atoms with Crippen molar-refractivity contribution in [2.75, 3.05) is 0 Å². The molecule has 0 amide bonds. The van der Waals surface area contributed by atoms with Gasteiger partial charge in [-0.25, -0.2) is 0 Å². The zero-order chi connectivity index (χ0) is 12.8. The summed E-state index contributed by atoms with van der Waals surface area (Å²) >= 11 is 0. The topological polar surface area (TPSA) is 26.0 Å². The van der Waals surface area contributed by atoms with Gasteiger partial charge in [-0.2, -0.15) is 0 Å². The van der Waals surface area contributed by atoms with Crippen molar-refractivity contribution in [1.82, 2.24) is 0 Å². The lowest BCUT2D eigenvalue weighted by Crippen LogP contribution is -2.14. The largest absolute Gasteiger partial charge is 0.328 e. The molecular formula is C16H27N. The van der Waals surface area contributed by atoms with Crippen molar-refractivity contribution in [3.05, 3.63) is 34.9 Å². The molecule has 0 aliphatic rings. The Hall–Kier alpha value is -0.820. The van der Waals surface area contributed by atoms with Crippen LogP contribution in [0.25, 0.3) is 0 Å². The number of aryl methyl sites for hydroxylation is 2. The third-order valence-electron chi connectivity index (χ3n) is 2.97. The Labute approximate surface area is 106 Å². The lowest BCUT2D eigenvalue weighted by molar-refractivity contribution is 0.622. The van der Waals surface area contributed by atoms with E-state index < -0.39 is 0 Å². The third kappa shape index (κ3) is 5.88. The molecule has 0 heterocycles. The second-order valence-electron chi connectivity index (χ2n) is 5.79. The maximum Gasteiger partial charge on any atom is 0.00105 e. The summed E-state index contributed by atoms with van der Waals surface area (Å²) in [6.07, 6.45) is 4.66. The second kappa shape index (κ2) is 6.80. The normalized spacial score (nSPS) is 13.1. The SMILES string of the molecule is Cc1cc(CCC[C@H](C)N)cc(CC(C)C)c1. The number of rotatable bonds is 6. The lowest BCUT2D eigenvalue weighted by atomic mass is 9.96. The van der Waals surface area contributed by atoms with Gasteiger partial charge in [0, 0.05) is 6.04 Å². The van der Waals surface area contributed by atoms with E-state index >= 15 is 0 Å². The quantitative estimate of drug-likeness (QED) is 0.793. The molecule has 0 bridgehead atoms. The molecular weight excluding hydrogens is 206 g/mol. The molecule has 96 valence electrons. The van der Waals surface area contributed by atoms with Crippen molar-refractivity contribution in [2.24, 2.45) is 11.7 Å². The van der Waals surface area contributed by atoms with E-state index in [0.29, 0.717) is 6.04 Å². The Bertz CT molecular complexity index is 339. The van der Waals surface area contributed by atoms with E-state index in [9.17, 15) is 0 Å². The van der Waals surface area contributed by atoms with Crippen molar-refractivity contribution in [3.8, 4) is 0 Å². The summed E-state index contributed by atoms with van der Waals surface area (Å²) in [5, 5.41) is 0. The number of hydrogen-bond acceptors (Lipinski definition) is 1. The average Bonchev–Trinajstić information content (AvgIpc) is 2.14. The highest BCUT2D eigenvalue weighted by molar-refractivity contribution is 5.29. The van der Waals surface area contributed by atoms with Gasteiger partial charge < -0.3 is 5.73 Å². The summed E-state index contributed by atoms with van der Waals surface area (Å²) in [5.41, 5.74) is 10.1. The highest BCUT2D eigenvalue weighted by Gasteiger charge is 2.02. The zero-order valence-corrected chi connectivity index (χ0v) is 11.8. The Morgan fingerprint density at radius 2 is 1.71 bits per heavy atom. The Morgan fingerprint density at radius 1 is 1.06 bits per heavy atom. The average molecular weight is 233 g/mol. The van der Waals surface area contributed by atoms with E-state index in [1.165, 1.54) is 29.5 Å². The van der Waals surface area contributed by atoms with Gasteiger partial charge >= 0.3 is 0 Å². The molecule has 0 aromatic heterocycles. The highest BCUT2D eigenvalue weighted by atomic mass is 14.6. The smallest absolute Gasteiger partial charge is 0.00105 e. The first kappa shape index (κ1) is 14.2. The van der Waals surface area contributed by atoms with Crippen LogP contribution in [0.15, 0.2) is 18.2 Å². The van der Waals surface area contributed by atoms with Crippen LogP contribution < -0.4 is 5.73 Å². The molecule has 0 fully saturated rings. The van der Waals surface area contributed by atoms with Gasteiger partial charge in [-0.15, -0.1) is 0 Å². The predicted molar refractivity (Wildman–Crippen MR) is 76.3 cm³/mol. The maximum absolute atomic E-state index is 5.78. The first-order chi connectivity index (χ1) is 7.97. The predicted octanol–water partition coefficient (Wildman–Crippen LogP) is 3.86. The molecule has 1 heteroatoms. The molecule has 0 unspecified atom stereocenters. The molecule has 1 aromatic carbocycles. The fourth-order valence-corrected chi connectivity index (χ4v) is 2.31. The van der Waals surface area contributed by atoms with Gasteiger partial charge in [0.25, 0.3) is 0 Å². The molecule has 1 rings (SSSR count). The second-order valence-corrected chi connectivity index (χ2v) is 5.79. The molecule has 2 N–H and O–H groups in total. The summed E-state index contributed by atoms with van der Waals surface area (Å²) in [6.45, 7) is 8.83. The summed E-state index contributed by atoms with van der Waals surface area (Å²) in [5.74, 6) is 0.730. The van der Waals surface area contributed by atoms with Crippen LogP contribution >= 0.6 is 0 Å². The van der Waals surface area contributed by atoms with Gasteiger partial charge in [0.15, 0.2) is 0 Å². The van der Waals surface area contributed by atoms with E-state index in [-0.39, 0.29) is 0 Å². The van der Waals surface area contributed by atoms with Crippen LogP contribution in [0.5, 0.6) is 0 Å². The molecule has 0 spiro atoms. The van der Waals surface area contributed by atoms with Gasteiger partial charge in [0.05, 0.1) is 0 Å². The molecule has 0 radical (unpaired) electrons. The van der Waals surface area contributed by atoms with Crippen LogP contribution in [0.1, 0.15) is 50.3 Å². The van der Waals surface area contributed by atoms with E-state index in [1.807, 2.05) is 0 Å². The van der Waals surface area contributed by atoms with Crippen LogP contribution in [0, 0.1) is 12.8 Å².